The molecule has 3 rings (SSSR count). The molecule has 0 aliphatic heterocycles. The number of aryl methyl sites for hydroxylation is 1. The molecule has 0 saturated carbocycles. The van der Waals surface area contributed by atoms with Gasteiger partial charge >= 0.3 is 5.97 Å². The Kier molecular flexibility index (Phi) is 3.51. The van der Waals surface area contributed by atoms with Gasteiger partial charge in [0.15, 0.2) is 0 Å². The van der Waals surface area contributed by atoms with Gasteiger partial charge in [0.05, 0.1) is 11.1 Å². The Morgan fingerprint density at radius 2 is 2.05 bits per heavy atom. The number of aromatic carboxylic acids is 1. The van der Waals surface area contributed by atoms with E-state index < -0.39 is 5.97 Å². The number of imidazole rings is 1. The van der Waals surface area contributed by atoms with Crippen LogP contribution in [0.5, 0.6) is 0 Å². The van der Waals surface area contributed by atoms with E-state index in [1.165, 1.54) is 0 Å². The molecule has 21 heavy (non-hydrogen) atoms. The van der Waals surface area contributed by atoms with Gasteiger partial charge in [-0.1, -0.05) is 34.1 Å². The summed E-state index contributed by atoms with van der Waals surface area (Å²) < 4.78 is 3.05. The van der Waals surface area contributed by atoms with Crippen LogP contribution in [0.2, 0.25) is 0 Å². The van der Waals surface area contributed by atoms with Gasteiger partial charge in [0.1, 0.15) is 11.3 Å². The van der Waals surface area contributed by atoms with Crippen LogP contribution in [0.1, 0.15) is 21.7 Å². The molecule has 0 saturated heterocycles. The van der Waals surface area contributed by atoms with Gasteiger partial charge in [-0.05, 0) is 36.8 Å². The van der Waals surface area contributed by atoms with Crippen molar-refractivity contribution in [2.75, 3.05) is 0 Å². The lowest BCUT2D eigenvalue weighted by Gasteiger charge is -2.07. The molecule has 0 radical (unpaired) electrons. The first-order valence-electron chi connectivity index (χ1n) is 6.50. The molecule has 0 amide bonds. The van der Waals surface area contributed by atoms with Gasteiger partial charge in [-0.25, -0.2) is 9.78 Å². The molecule has 0 aliphatic rings. The third kappa shape index (κ3) is 2.56. The third-order valence-electron chi connectivity index (χ3n) is 3.43. The van der Waals surface area contributed by atoms with Crippen LogP contribution in [-0.2, 0) is 6.54 Å². The number of hydrogen-bond donors (Lipinski definition) is 1. The van der Waals surface area contributed by atoms with Crippen LogP contribution in [0.15, 0.2) is 46.9 Å². The summed E-state index contributed by atoms with van der Waals surface area (Å²) in [5, 5.41) is 9.25. The van der Waals surface area contributed by atoms with Crippen LogP contribution in [0.25, 0.3) is 11.0 Å². The lowest BCUT2D eigenvalue weighted by Crippen LogP contribution is -2.02. The summed E-state index contributed by atoms with van der Waals surface area (Å²) in [4.78, 5) is 15.7. The van der Waals surface area contributed by atoms with Crippen molar-refractivity contribution in [1.29, 1.82) is 0 Å². The summed E-state index contributed by atoms with van der Waals surface area (Å²) >= 11 is 3.46. The average molecular weight is 345 g/mol. The first kappa shape index (κ1) is 13.8. The van der Waals surface area contributed by atoms with E-state index in [2.05, 4.69) is 20.9 Å². The van der Waals surface area contributed by atoms with Crippen molar-refractivity contribution in [3.63, 3.8) is 0 Å². The van der Waals surface area contributed by atoms with Gasteiger partial charge in [-0.2, -0.15) is 0 Å². The van der Waals surface area contributed by atoms with Crippen LogP contribution >= 0.6 is 15.9 Å². The number of halogens is 1. The van der Waals surface area contributed by atoms with Crippen LogP contribution < -0.4 is 0 Å². The van der Waals surface area contributed by atoms with Crippen molar-refractivity contribution in [2.45, 2.75) is 13.5 Å². The quantitative estimate of drug-likeness (QED) is 0.784. The van der Waals surface area contributed by atoms with Gasteiger partial charge in [0.2, 0.25) is 0 Å². The fourth-order valence-electron chi connectivity index (χ4n) is 2.45. The number of aromatic nitrogens is 2. The number of carbonyl (C=O) groups is 1. The summed E-state index contributed by atoms with van der Waals surface area (Å²) in [6.07, 6.45) is 0. The monoisotopic (exact) mass is 344 g/mol. The molecular weight excluding hydrogens is 332 g/mol. The number of carboxylic acids is 1. The van der Waals surface area contributed by atoms with Crippen molar-refractivity contribution in [2.24, 2.45) is 0 Å². The first-order valence-corrected chi connectivity index (χ1v) is 7.29. The van der Waals surface area contributed by atoms with E-state index in [-0.39, 0.29) is 5.56 Å². The smallest absolute Gasteiger partial charge is 0.337 e. The number of benzene rings is 2. The second kappa shape index (κ2) is 5.33. The number of nitrogens with zero attached hydrogens (tertiary/aromatic N) is 2. The minimum absolute atomic E-state index is 0.239. The molecule has 0 fully saturated rings. The van der Waals surface area contributed by atoms with E-state index in [1.807, 2.05) is 41.8 Å². The van der Waals surface area contributed by atoms with E-state index >= 15 is 0 Å². The standard InChI is InChI=1S/C16H13BrN2O2/c1-10-18-15-13(16(20)21)6-3-7-14(15)19(10)9-11-4-2-5-12(17)8-11/h2-8H,9H2,1H3,(H,20,21). The molecule has 1 N–H and O–H groups in total. The van der Waals surface area contributed by atoms with E-state index in [0.29, 0.717) is 12.1 Å². The molecule has 5 heteroatoms. The molecule has 0 atom stereocenters. The predicted octanol–water partition coefficient (Wildman–Crippen LogP) is 3.85. The molecule has 1 aromatic heterocycles. The molecule has 0 unspecified atom stereocenters. The second-order valence-corrected chi connectivity index (χ2v) is 5.77. The van der Waals surface area contributed by atoms with E-state index in [1.54, 1.807) is 12.1 Å². The van der Waals surface area contributed by atoms with Crippen molar-refractivity contribution in [3.8, 4) is 0 Å². The number of carboxylic acid groups (broad SMARTS) is 1. The summed E-state index contributed by atoms with van der Waals surface area (Å²) in [7, 11) is 0. The van der Waals surface area contributed by atoms with E-state index in [9.17, 15) is 9.90 Å². The minimum Gasteiger partial charge on any atom is -0.478 e. The summed E-state index contributed by atoms with van der Waals surface area (Å²) in [5.74, 6) is -0.147. The highest BCUT2D eigenvalue weighted by Gasteiger charge is 2.15. The lowest BCUT2D eigenvalue weighted by atomic mass is 10.2. The normalized spacial score (nSPS) is 11.0. The van der Waals surface area contributed by atoms with Crippen molar-refractivity contribution >= 4 is 32.9 Å². The zero-order valence-electron chi connectivity index (χ0n) is 11.4. The highest BCUT2D eigenvalue weighted by molar-refractivity contribution is 9.10. The van der Waals surface area contributed by atoms with Crippen molar-refractivity contribution in [1.82, 2.24) is 9.55 Å². The van der Waals surface area contributed by atoms with Crippen molar-refractivity contribution in [3.05, 3.63) is 63.9 Å². The Morgan fingerprint density at radius 1 is 1.29 bits per heavy atom. The van der Waals surface area contributed by atoms with Crippen molar-refractivity contribution < 1.29 is 9.90 Å². The van der Waals surface area contributed by atoms with E-state index in [0.717, 1.165) is 21.4 Å². The number of hydrogen-bond acceptors (Lipinski definition) is 2. The third-order valence-corrected chi connectivity index (χ3v) is 3.92. The molecule has 3 aromatic rings. The highest BCUT2D eigenvalue weighted by Crippen LogP contribution is 2.22. The topological polar surface area (TPSA) is 55.1 Å². The van der Waals surface area contributed by atoms with E-state index in [4.69, 9.17) is 0 Å². The Balaban J connectivity index is 2.13. The summed E-state index contributed by atoms with van der Waals surface area (Å²) in [6.45, 7) is 2.55. The molecule has 4 nitrogen and oxygen atoms in total. The van der Waals surface area contributed by atoms with Crippen LogP contribution in [0, 0.1) is 6.92 Å². The molecule has 0 aliphatic carbocycles. The lowest BCUT2D eigenvalue weighted by molar-refractivity contribution is 0.0699. The first-order chi connectivity index (χ1) is 10.1. The second-order valence-electron chi connectivity index (χ2n) is 4.85. The van der Waals surface area contributed by atoms with Gasteiger partial charge in [-0.3, -0.25) is 0 Å². The maximum absolute atomic E-state index is 11.3. The van der Waals surface area contributed by atoms with Crippen LogP contribution in [0.4, 0.5) is 0 Å². The minimum atomic E-state index is -0.951. The van der Waals surface area contributed by atoms with Crippen LogP contribution in [0.3, 0.4) is 0 Å². The average Bonchev–Trinajstić information content (AvgIpc) is 2.75. The Bertz CT molecular complexity index is 839. The zero-order chi connectivity index (χ0) is 15.0. The maximum atomic E-state index is 11.3. The Hall–Kier alpha value is -2.14. The number of para-hydroxylation sites is 1. The summed E-state index contributed by atoms with van der Waals surface area (Å²) in [5.41, 5.74) is 2.75. The summed E-state index contributed by atoms with van der Waals surface area (Å²) in [6, 6.07) is 13.3. The Labute approximate surface area is 130 Å². The molecule has 2 aromatic carbocycles. The zero-order valence-corrected chi connectivity index (χ0v) is 13.0. The maximum Gasteiger partial charge on any atom is 0.337 e. The predicted molar refractivity (Wildman–Crippen MR) is 84.7 cm³/mol. The van der Waals surface area contributed by atoms with Gasteiger partial charge in [0.25, 0.3) is 0 Å². The molecule has 0 spiro atoms. The molecular formula is C16H13BrN2O2. The SMILES string of the molecule is Cc1nc2c(C(=O)O)cccc2n1Cc1cccc(Br)c1. The fourth-order valence-corrected chi connectivity index (χ4v) is 2.90. The van der Waals surface area contributed by atoms with Gasteiger partial charge in [-0.15, -0.1) is 0 Å². The fraction of sp³-hybridized carbons (Fsp3) is 0.125. The Morgan fingerprint density at radius 3 is 2.76 bits per heavy atom. The van der Waals surface area contributed by atoms with Gasteiger partial charge < -0.3 is 9.67 Å². The van der Waals surface area contributed by atoms with Gasteiger partial charge in [0, 0.05) is 11.0 Å². The molecule has 1 heterocycles. The van der Waals surface area contributed by atoms with Crippen LogP contribution in [-0.4, -0.2) is 20.6 Å². The highest BCUT2D eigenvalue weighted by atomic mass is 79.9. The number of fused-ring (bicyclic) bond motifs is 1. The number of rotatable bonds is 3. The largest absolute Gasteiger partial charge is 0.478 e. The molecule has 106 valence electrons. The molecule has 0 bridgehead atoms.